The lowest BCUT2D eigenvalue weighted by molar-refractivity contribution is 0.0593. The van der Waals surface area contributed by atoms with Crippen molar-refractivity contribution in [2.24, 2.45) is 0 Å². The van der Waals surface area contributed by atoms with Crippen molar-refractivity contribution in [2.45, 2.75) is 6.92 Å². The first-order valence-electron chi connectivity index (χ1n) is 6.10. The summed E-state index contributed by atoms with van der Waals surface area (Å²) in [6.45, 7) is 1.45. The molecule has 0 saturated heterocycles. The Bertz CT molecular complexity index is 769. The lowest BCUT2D eigenvalue weighted by Gasteiger charge is -2.09. The number of Topliss-reactive ketones (excluding diaryl/α,β-unsaturated/α-hetero) is 1. The van der Waals surface area contributed by atoms with E-state index in [1.54, 1.807) is 24.3 Å². The molecule has 0 aliphatic heterocycles. The molecule has 0 bridgehead atoms. The third kappa shape index (κ3) is 2.49. The normalized spacial score (nSPS) is 9.95. The highest BCUT2D eigenvalue weighted by Gasteiger charge is 2.21. The van der Waals surface area contributed by atoms with Gasteiger partial charge in [-0.2, -0.15) is 5.26 Å². The number of nitrogens with two attached hydrogens (primary N) is 1. The first-order valence-corrected chi connectivity index (χ1v) is 6.10. The number of ketones is 1. The van der Waals surface area contributed by atoms with E-state index >= 15 is 0 Å². The Morgan fingerprint density at radius 1 is 1.38 bits per heavy atom. The summed E-state index contributed by atoms with van der Waals surface area (Å²) >= 11 is 0. The van der Waals surface area contributed by atoms with E-state index in [9.17, 15) is 9.59 Å². The van der Waals surface area contributed by atoms with Crippen LogP contribution in [0.4, 0.5) is 5.69 Å². The van der Waals surface area contributed by atoms with E-state index in [0.29, 0.717) is 11.3 Å². The second-order valence-corrected chi connectivity index (χ2v) is 4.38. The Kier molecular flexibility index (Phi) is 3.76. The maximum absolute atomic E-state index is 11.9. The molecule has 0 atom stereocenters. The van der Waals surface area contributed by atoms with Gasteiger partial charge in [0, 0.05) is 17.4 Å². The van der Waals surface area contributed by atoms with Gasteiger partial charge in [-0.25, -0.2) is 4.79 Å². The molecule has 106 valence electrons. The number of carbonyl (C=O) groups excluding carboxylic acids is 2. The summed E-state index contributed by atoms with van der Waals surface area (Å²) in [5.74, 6) is -0.751. The van der Waals surface area contributed by atoms with Gasteiger partial charge in [0.15, 0.2) is 11.5 Å². The van der Waals surface area contributed by atoms with E-state index in [2.05, 4.69) is 0 Å². The summed E-state index contributed by atoms with van der Waals surface area (Å²) in [5.41, 5.74) is 7.15. The van der Waals surface area contributed by atoms with Crippen molar-refractivity contribution in [3.63, 3.8) is 0 Å². The number of esters is 1. The van der Waals surface area contributed by atoms with Crippen LogP contribution in [0.3, 0.4) is 0 Å². The number of methoxy groups -OCH3 is 1. The van der Waals surface area contributed by atoms with Gasteiger partial charge in [-0.3, -0.25) is 4.79 Å². The summed E-state index contributed by atoms with van der Waals surface area (Å²) in [7, 11) is 1.23. The molecule has 0 aliphatic rings. The number of hydrogen-bond donors (Lipinski definition) is 1. The molecule has 0 amide bonds. The monoisotopic (exact) mass is 283 g/mol. The molecule has 6 nitrogen and oxygen atoms in total. The number of nitrogen functional groups attached to an aromatic ring is 1. The number of anilines is 1. The van der Waals surface area contributed by atoms with Crippen molar-refractivity contribution in [1.82, 2.24) is 4.57 Å². The van der Waals surface area contributed by atoms with E-state index in [0.717, 1.165) is 0 Å². The number of carbonyl (C=O) groups is 2. The Morgan fingerprint density at radius 3 is 2.67 bits per heavy atom. The molecule has 2 N–H and O–H groups in total. The maximum Gasteiger partial charge on any atom is 0.357 e. The van der Waals surface area contributed by atoms with Crippen molar-refractivity contribution >= 4 is 17.4 Å². The molecule has 21 heavy (non-hydrogen) atoms. The smallest absolute Gasteiger partial charge is 0.357 e. The van der Waals surface area contributed by atoms with Crippen LogP contribution in [0.25, 0.3) is 5.69 Å². The van der Waals surface area contributed by atoms with Crippen molar-refractivity contribution in [2.75, 3.05) is 12.8 Å². The Balaban J connectivity index is 2.69. The van der Waals surface area contributed by atoms with Gasteiger partial charge in [0.1, 0.15) is 6.07 Å². The first kappa shape index (κ1) is 14.3. The molecule has 0 aliphatic carbocycles. The number of benzene rings is 1. The van der Waals surface area contributed by atoms with Gasteiger partial charge in [-0.15, -0.1) is 0 Å². The minimum atomic E-state index is -0.651. The van der Waals surface area contributed by atoms with Crippen LogP contribution >= 0.6 is 0 Å². The van der Waals surface area contributed by atoms with Crippen molar-refractivity contribution < 1.29 is 14.3 Å². The zero-order chi connectivity index (χ0) is 15.6. The minimum Gasteiger partial charge on any atom is -0.464 e. The van der Waals surface area contributed by atoms with Crippen LogP contribution in [0, 0.1) is 11.3 Å². The summed E-state index contributed by atoms with van der Waals surface area (Å²) in [4.78, 5) is 23.3. The topological polar surface area (TPSA) is 98.1 Å². The number of rotatable bonds is 3. The van der Waals surface area contributed by atoms with Crippen LogP contribution in [-0.2, 0) is 4.74 Å². The second-order valence-electron chi connectivity index (χ2n) is 4.38. The van der Waals surface area contributed by atoms with Crippen LogP contribution in [-0.4, -0.2) is 23.4 Å². The molecule has 0 fully saturated rings. The zero-order valence-electron chi connectivity index (χ0n) is 11.6. The van der Waals surface area contributed by atoms with Crippen LogP contribution in [0.15, 0.2) is 30.5 Å². The van der Waals surface area contributed by atoms with Crippen LogP contribution in [0.1, 0.15) is 33.3 Å². The molecule has 2 rings (SSSR count). The van der Waals surface area contributed by atoms with Crippen LogP contribution < -0.4 is 5.73 Å². The molecule has 0 spiro atoms. The van der Waals surface area contributed by atoms with Crippen molar-refractivity contribution in [1.29, 1.82) is 5.26 Å². The van der Waals surface area contributed by atoms with Gasteiger partial charge >= 0.3 is 5.97 Å². The lowest BCUT2D eigenvalue weighted by atomic mass is 10.1. The third-order valence-corrected chi connectivity index (χ3v) is 3.07. The predicted octanol–water partition coefficient (Wildman–Crippen LogP) is 1.92. The number of nitriles is 1. The second kappa shape index (κ2) is 5.51. The van der Waals surface area contributed by atoms with Gasteiger partial charge in [-0.05, 0) is 19.1 Å². The highest BCUT2D eigenvalue weighted by molar-refractivity contribution is 5.97. The summed E-state index contributed by atoms with van der Waals surface area (Å²) in [5, 5.41) is 9.05. The molecule has 6 heteroatoms. The first-order chi connectivity index (χ1) is 9.99. The van der Waals surface area contributed by atoms with Crippen molar-refractivity contribution in [3.05, 3.63) is 47.3 Å². The minimum absolute atomic E-state index is 0.0533. The van der Waals surface area contributed by atoms with E-state index in [4.69, 9.17) is 15.7 Å². The van der Waals surface area contributed by atoms with Gasteiger partial charge < -0.3 is 15.0 Å². The fourth-order valence-electron chi connectivity index (χ4n) is 1.99. The van der Waals surface area contributed by atoms with E-state index in [-0.39, 0.29) is 22.7 Å². The molecule has 1 aromatic carbocycles. The standard InChI is InChI=1S/C15H13N3O3/c1-9(19)10-4-3-5-12(6-10)18-8-11(7-16)13(17)14(18)15(20)21-2/h3-6,8H,17H2,1-2H3. The number of aromatic nitrogens is 1. The van der Waals surface area contributed by atoms with E-state index in [1.807, 2.05) is 6.07 Å². The zero-order valence-corrected chi connectivity index (χ0v) is 11.6. The average Bonchev–Trinajstić information content (AvgIpc) is 2.83. The van der Waals surface area contributed by atoms with Gasteiger partial charge in [0.25, 0.3) is 0 Å². The summed E-state index contributed by atoms with van der Waals surface area (Å²) in [6.07, 6.45) is 1.45. The van der Waals surface area contributed by atoms with Crippen LogP contribution in [0.2, 0.25) is 0 Å². The molecule has 0 saturated carbocycles. The molecular formula is C15H13N3O3. The molecule has 0 unspecified atom stereocenters. The van der Waals surface area contributed by atoms with Crippen LogP contribution in [0.5, 0.6) is 0 Å². The Hall–Kier alpha value is -3.07. The molecular weight excluding hydrogens is 270 g/mol. The van der Waals surface area contributed by atoms with E-state index < -0.39 is 5.97 Å². The van der Waals surface area contributed by atoms with E-state index in [1.165, 1.54) is 24.8 Å². The largest absolute Gasteiger partial charge is 0.464 e. The highest BCUT2D eigenvalue weighted by Crippen LogP contribution is 2.25. The van der Waals surface area contributed by atoms with Gasteiger partial charge in [0.05, 0.1) is 18.4 Å². The maximum atomic E-state index is 11.9. The Labute approximate surface area is 121 Å². The van der Waals surface area contributed by atoms with Gasteiger partial charge in [-0.1, -0.05) is 12.1 Å². The molecule has 1 aromatic heterocycles. The summed E-state index contributed by atoms with van der Waals surface area (Å²) in [6, 6.07) is 8.61. The quantitative estimate of drug-likeness (QED) is 0.685. The lowest BCUT2D eigenvalue weighted by Crippen LogP contribution is -2.11. The third-order valence-electron chi connectivity index (χ3n) is 3.07. The van der Waals surface area contributed by atoms with Crippen molar-refractivity contribution in [3.8, 4) is 11.8 Å². The predicted molar refractivity (Wildman–Crippen MR) is 76.2 cm³/mol. The summed E-state index contributed by atoms with van der Waals surface area (Å²) < 4.78 is 6.15. The fraction of sp³-hybridized carbons (Fsp3) is 0.133. The number of nitrogens with zero attached hydrogens (tertiary/aromatic N) is 2. The molecule has 2 aromatic rings. The Morgan fingerprint density at radius 2 is 2.10 bits per heavy atom. The highest BCUT2D eigenvalue weighted by atomic mass is 16.5. The number of ether oxygens (including phenoxy) is 1. The molecule has 1 heterocycles. The SMILES string of the molecule is COC(=O)c1c(N)c(C#N)cn1-c1cccc(C(C)=O)c1. The number of hydrogen-bond acceptors (Lipinski definition) is 5. The van der Waals surface area contributed by atoms with Gasteiger partial charge in [0.2, 0.25) is 0 Å². The molecule has 0 radical (unpaired) electrons. The average molecular weight is 283 g/mol. The fourth-order valence-corrected chi connectivity index (χ4v) is 1.99.